The first kappa shape index (κ1) is 13.9. The zero-order valence-corrected chi connectivity index (χ0v) is 12.2. The molecule has 2 unspecified atom stereocenters. The highest BCUT2D eigenvalue weighted by atomic mass is 35.5. The molecule has 0 radical (unpaired) electrons. The van der Waals surface area contributed by atoms with E-state index in [0.29, 0.717) is 17.0 Å². The number of carbonyl (C=O) groups excluding carboxylic acids is 1. The summed E-state index contributed by atoms with van der Waals surface area (Å²) in [5.74, 6) is -0.0670. The summed E-state index contributed by atoms with van der Waals surface area (Å²) in [6.45, 7) is 0.742. The van der Waals surface area contributed by atoms with Crippen molar-refractivity contribution in [3.63, 3.8) is 0 Å². The van der Waals surface area contributed by atoms with Gasteiger partial charge < -0.3 is 4.90 Å². The van der Waals surface area contributed by atoms with Crippen molar-refractivity contribution in [1.29, 1.82) is 0 Å². The van der Waals surface area contributed by atoms with Crippen LogP contribution in [0.4, 0.5) is 4.39 Å². The van der Waals surface area contributed by atoms with Crippen molar-refractivity contribution < 1.29 is 9.18 Å². The monoisotopic (exact) mass is 295 g/mol. The van der Waals surface area contributed by atoms with Crippen molar-refractivity contribution in [2.24, 2.45) is 5.92 Å². The molecular weight excluding hydrogens is 277 g/mol. The summed E-state index contributed by atoms with van der Waals surface area (Å²) >= 11 is 5.90. The summed E-state index contributed by atoms with van der Waals surface area (Å²) in [4.78, 5) is 14.5. The van der Waals surface area contributed by atoms with Gasteiger partial charge in [0, 0.05) is 17.6 Å². The van der Waals surface area contributed by atoms with E-state index in [9.17, 15) is 9.18 Å². The fourth-order valence-corrected chi connectivity index (χ4v) is 3.87. The van der Waals surface area contributed by atoms with Gasteiger partial charge in [0.2, 0.25) is 0 Å². The van der Waals surface area contributed by atoms with Crippen LogP contribution in [0.5, 0.6) is 0 Å². The highest BCUT2D eigenvalue weighted by molar-refractivity contribution is 6.31. The summed E-state index contributed by atoms with van der Waals surface area (Å²) in [6.07, 6.45) is 6.91. The lowest BCUT2D eigenvalue weighted by Crippen LogP contribution is -2.49. The topological polar surface area (TPSA) is 20.3 Å². The fraction of sp³-hybridized carbons (Fsp3) is 0.562. The largest absolute Gasteiger partial charge is 0.335 e. The Bertz CT molecular complexity index is 517. The molecule has 2 aliphatic rings. The van der Waals surface area contributed by atoms with Crippen LogP contribution in [-0.2, 0) is 0 Å². The first-order chi connectivity index (χ1) is 9.66. The van der Waals surface area contributed by atoms with Crippen LogP contribution >= 0.6 is 11.6 Å². The molecule has 1 amide bonds. The minimum atomic E-state index is -0.475. The molecule has 2 nitrogen and oxygen atoms in total. The van der Waals surface area contributed by atoms with Crippen molar-refractivity contribution in [1.82, 2.24) is 4.90 Å². The zero-order chi connectivity index (χ0) is 14.1. The van der Waals surface area contributed by atoms with Gasteiger partial charge in [0.15, 0.2) is 0 Å². The molecule has 2 atom stereocenters. The highest BCUT2D eigenvalue weighted by Crippen LogP contribution is 2.36. The predicted octanol–water partition coefficient (Wildman–Crippen LogP) is 4.27. The van der Waals surface area contributed by atoms with Crippen LogP contribution in [0.15, 0.2) is 18.2 Å². The first-order valence-corrected chi connectivity index (χ1v) is 7.80. The molecule has 1 saturated carbocycles. The number of rotatable bonds is 1. The number of hydrogen-bond acceptors (Lipinski definition) is 1. The fourth-order valence-electron chi connectivity index (χ4n) is 3.69. The maximum Gasteiger partial charge on any atom is 0.257 e. The lowest BCUT2D eigenvalue weighted by atomic mass is 9.78. The highest BCUT2D eigenvalue weighted by Gasteiger charge is 2.36. The van der Waals surface area contributed by atoms with Gasteiger partial charge in [0.1, 0.15) is 5.82 Å². The van der Waals surface area contributed by atoms with Gasteiger partial charge >= 0.3 is 0 Å². The molecule has 2 fully saturated rings. The van der Waals surface area contributed by atoms with Crippen LogP contribution < -0.4 is 0 Å². The lowest BCUT2D eigenvalue weighted by Gasteiger charge is -2.44. The van der Waals surface area contributed by atoms with E-state index in [1.807, 2.05) is 4.90 Å². The average Bonchev–Trinajstić information content (AvgIpc) is 2.48. The van der Waals surface area contributed by atoms with Crippen molar-refractivity contribution in [2.45, 2.75) is 44.6 Å². The Morgan fingerprint density at radius 1 is 1.20 bits per heavy atom. The van der Waals surface area contributed by atoms with Crippen molar-refractivity contribution in [3.05, 3.63) is 34.6 Å². The molecule has 1 aliphatic heterocycles. The second kappa shape index (κ2) is 5.72. The first-order valence-electron chi connectivity index (χ1n) is 7.43. The van der Waals surface area contributed by atoms with E-state index in [1.165, 1.54) is 43.9 Å². The summed E-state index contributed by atoms with van der Waals surface area (Å²) in [7, 11) is 0. The Hall–Kier alpha value is -1.09. The Balaban J connectivity index is 1.87. The lowest BCUT2D eigenvalue weighted by molar-refractivity contribution is 0.0386. The average molecular weight is 296 g/mol. The Morgan fingerprint density at radius 3 is 2.80 bits per heavy atom. The second-order valence-corrected chi connectivity index (χ2v) is 6.31. The van der Waals surface area contributed by atoms with E-state index in [4.69, 9.17) is 11.6 Å². The van der Waals surface area contributed by atoms with Gasteiger partial charge in [-0.05, 0) is 49.8 Å². The number of halogens is 2. The van der Waals surface area contributed by atoms with Gasteiger partial charge in [-0.3, -0.25) is 4.79 Å². The molecule has 3 rings (SSSR count). The standard InChI is InChI=1S/C16H19ClFNO/c17-12-7-8-14(18)13(10-12)16(20)19-9-3-5-11-4-1-2-6-15(11)19/h7-8,10-11,15H,1-6,9H2. The summed E-state index contributed by atoms with van der Waals surface area (Å²) < 4.78 is 13.9. The Labute approximate surface area is 123 Å². The van der Waals surface area contributed by atoms with E-state index >= 15 is 0 Å². The van der Waals surface area contributed by atoms with E-state index in [2.05, 4.69) is 0 Å². The maximum absolute atomic E-state index is 13.9. The van der Waals surface area contributed by atoms with Crippen LogP contribution in [0.3, 0.4) is 0 Å². The SMILES string of the molecule is O=C(c1cc(Cl)ccc1F)N1CCCC2CCCCC21. The number of hydrogen-bond donors (Lipinski definition) is 0. The van der Waals surface area contributed by atoms with Crippen LogP contribution in [0.1, 0.15) is 48.9 Å². The third kappa shape index (κ3) is 2.56. The molecule has 0 aromatic heterocycles. The summed E-state index contributed by atoms with van der Waals surface area (Å²) in [6, 6.07) is 4.50. The number of fused-ring (bicyclic) bond motifs is 1. The molecule has 0 bridgehead atoms. The molecule has 1 heterocycles. The molecule has 1 aliphatic carbocycles. The normalized spacial score (nSPS) is 26.2. The molecule has 1 aromatic rings. The Morgan fingerprint density at radius 2 is 1.95 bits per heavy atom. The number of amides is 1. The van der Waals surface area contributed by atoms with Crippen LogP contribution in [0.2, 0.25) is 5.02 Å². The van der Waals surface area contributed by atoms with Crippen molar-refractivity contribution in [3.8, 4) is 0 Å². The van der Waals surface area contributed by atoms with E-state index in [1.54, 1.807) is 0 Å². The van der Waals surface area contributed by atoms with Crippen molar-refractivity contribution >= 4 is 17.5 Å². The number of piperidine rings is 1. The van der Waals surface area contributed by atoms with Crippen LogP contribution in [0, 0.1) is 11.7 Å². The van der Waals surface area contributed by atoms with E-state index in [-0.39, 0.29) is 11.5 Å². The molecule has 4 heteroatoms. The minimum absolute atomic E-state index is 0.115. The Kier molecular flexibility index (Phi) is 3.97. The number of benzene rings is 1. The maximum atomic E-state index is 13.9. The molecule has 1 saturated heterocycles. The van der Waals surface area contributed by atoms with Gasteiger partial charge in [-0.2, -0.15) is 0 Å². The van der Waals surface area contributed by atoms with Crippen LogP contribution in [0.25, 0.3) is 0 Å². The van der Waals surface area contributed by atoms with Crippen molar-refractivity contribution in [2.75, 3.05) is 6.54 Å². The third-order valence-electron chi connectivity index (χ3n) is 4.66. The minimum Gasteiger partial charge on any atom is -0.335 e. The third-order valence-corrected chi connectivity index (χ3v) is 4.90. The van der Waals surface area contributed by atoms with E-state index in [0.717, 1.165) is 19.4 Å². The van der Waals surface area contributed by atoms with Gasteiger partial charge in [-0.25, -0.2) is 4.39 Å². The predicted molar refractivity (Wildman–Crippen MR) is 77.4 cm³/mol. The molecule has 108 valence electrons. The number of carbonyl (C=O) groups is 1. The molecule has 1 aromatic carbocycles. The van der Waals surface area contributed by atoms with Gasteiger partial charge in [0.25, 0.3) is 5.91 Å². The summed E-state index contributed by atoms with van der Waals surface area (Å²) in [5, 5.41) is 0.409. The number of nitrogens with zero attached hydrogens (tertiary/aromatic N) is 1. The van der Waals surface area contributed by atoms with Gasteiger partial charge in [-0.1, -0.05) is 24.4 Å². The molecule has 0 N–H and O–H groups in total. The molecular formula is C16H19ClFNO. The molecule has 0 spiro atoms. The van der Waals surface area contributed by atoms with E-state index < -0.39 is 5.82 Å². The quantitative estimate of drug-likeness (QED) is 0.757. The summed E-state index contributed by atoms with van der Waals surface area (Å²) in [5.41, 5.74) is 0.115. The smallest absolute Gasteiger partial charge is 0.257 e. The number of likely N-dealkylation sites (tertiary alicyclic amines) is 1. The zero-order valence-electron chi connectivity index (χ0n) is 11.4. The second-order valence-electron chi connectivity index (χ2n) is 5.88. The van der Waals surface area contributed by atoms with Crippen LogP contribution in [-0.4, -0.2) is 23.4 Å². The van der Waals surface area contributed by atoms with Gasteiger partial charge in [0.05, 0.1) is 5.56 Å². The van der Waals surface area contributed by atoms with Gasteiger partial charge in [-0.15, -0.1) is 0 Å². The molecule has 20 heavy (non-hydrogen) atoms.